The van der Waals surface area contributed by atoms with E-state index in [-0.39, 0.29) is 11.9 Å². The van der Waals surface area contributed by atoms with Crippen LogP contribution in [0.5, 0.6) is 5.75 Å². The number of hydrogen-bond acceptors (Lipinski definition) is 3. The minimum Gasteiger partial charge on any atom is -0.497 e. The van der Waals surface area contributed by atoms with Gasteiger partial charge in [-0.05, 0) is 49.2 Å². The molecule has 1 amide bonds. The van der Waals surface area contributed by atoms with Crippen molar-refractivity contribution in [2.75, 3.05) is 14.2 Å². The first kappa shape index (κ1) is 16.1. The SMILES string of the molecule is COc1ccc(C[C@@H](C)N(C)C(=O)c2ccc3nc[nH]c3c2)cc1. The van der Waals surface area contributed by atoms with E-state index in [1.165, 1.54) is 5.56 Å². The molecule has 5 heteroatoms. The number of H-pyrrole nitrogens is 1. The molecule has 0 aliphatic rings. The van der Waals surface area contributed by atoms with Gasteiger partial charge in [0.2, 0.25) is 0 Å². The highest BCUT2D eigenvalue weighted by Gasteiger charge is 2.18. The summed E-state index contributed by atoms with van der Waals surface area (Å²) in [6, 6.07) is 13.6. The molecule has 3 aromatic rings. The molecule has 0 saturated heterocycles. The molecule has 0 fully saturated rings. The minimum absolute atomic E-state index is 0.00696. The number of ether oxygens (including phenoxy) is 1. The second kappa shape index (κ2) is 6.74. The van der Waals surface area contributed by atoms with Crippen molar-refractivity contribution in [2.24, 2.45) is 0 Å². The van der Waals surface area contributed by atoms with Crippen molar-refractivity contribution in [2.45, 2.75) is 19.4 Å². The summed E-state index contributed by atoms with van der Waals surface area (Å²) >= 11 is 0. The van der Waals surface area contributed by atoms with Gasteiger partial charge in [-0.15, -0.1) is 0 Å². The first-order chi connectivity index (χ1) is 11.6. The topological polar surface area (TPSA) is 58.2 Å². The lowest BCUT2D eigenvalue weighted by Crippen LogP contribution is -2.36. The van der Waals surface area contributed by atoms with Crippen LogP contribution in [0.25, 0.3) is 11.0 Å². The van der Waals surface area contributed by atoms with Crippen LogP contribution in [0.15, 0.2) is 48.8 Å². The molecule has 0 aliphatic heterocycles. The molecule has 0 aliphatic carbocycles. The summed E-state index contributed by atoms with van der Waals surface area (Å²) in [4.78, 5) is 21.7. The van der Waals surface area contributed by atoms with Crippen LogP contribution in [0.1, 0.15) is 22.8 Å². The van der Waals surface area contributed by atoms with Crippen molar-refractivity contribution >= 4 is 16.9 Å². The van der Waals surface area contributed by atoms with Crippen LogP contribution >= 0.6 is 0 Å². The highest BCUT2D eigenvalue weighted by atomic mass is 16.5. The molecule has 0 radical (unpaired) electrons. The molecule has 3 rings (SSSR count). The summed E-state index contributed by atoms with van der Waals surface area (Å²) in [6.45, 7) is 2.05. The fourth-order valence-electron chi connectivity index (χ4n) is 2.71. The van der Waals surface area contributed by atoms with Gasteiger partial charge in [0, 0.05) is 18.7 Å². The van der Waals surface area contributed by atoms with E-state index in [0.29, 0.717) is 5.56 Å². The van der Waals surface area contributed by atoms with E-state index in [2.05, 4.69) is 16.9 Å². The van der Waals surface area contributed by atoms with E-state index in [4.69, 9.17) is 4.74 Å². The van der Waals surface area contributed by atoms with E-state index in [1.54, 1.807) is 18.3 Å². The second-order valence-electron chi connectivity index (χ2n) is 5.95. The number of imidazole rings is 1. The summed E-state index contributed by atoms with van der Waals surface area (Å²) < 4.78 is 5.17. The highest BCUT2D eigenvalue weighted by Crippen LogP contribution is 2.17. The third-order valence-corrected chi connectivity index (χ3v) is 4.34. The van der Waals surface area contributed by atoms with Crippen molar-refractivity contribution in [3.8, 4) is 5.75 Å². The molecule has 0 bridgehead atoms. The number of carbonyl (C=O) groups is 1. The Bertz CT molecular complexity index is 839. The maximum atomic E-state index is 12.7. The number of rotatable bonds is 5. The standard InChI is InChI=1S/C19H21N3O2/c1-13(10-14-4-7-16(24-3)8-5-14)22(2)19(23)15-6-9-17-18(11-15)21-12-20-17/h4-9,11-13H,10H2,1-3H3,(H,20,21)/t13-/m1/s1. The van der Waals surface area contributed by atoms with Crippen LogP contribution in [-0.4, -0.2) is 41.0 Å². The number of amides is 1. The van der Waals surface area contributed by atoms with Gasteiger partial charge in [-0.1, -0.05) is 12.1 Å². The monoisotopic (exact) mass is 323 g/mol. The number of methoxy groups -OCH3 is 1. The predicted octanol–water partition coefficient (Wildman–Crippen LogP) is 3.27. The molecule has 5 nitrogen and oxygen atoms in total. The van der Waals surface area contributed by atoms with Crippen LogP contribution in [0, 0.1) is 0 Å². The van der Waals surface area contributed by atoms with E-state index in [0.717, 1.165) is 23.2 Å². The maximum Gasteiger partial charge on any atom is 0.253 e. The van der Waals surface area contributed by atoms with Gasteiger partial charge in [0.25, 0.3) is 5.91 Å². The van der Waals surface area contributed by atoms with E-state index in [1.807, 2.05) is 49.5 Å². The molecule has 1 N–H and O–H groups in total. The predicted molar refractivity (Wildman–Crippen MR) is 94.3 cm³/mol. The number of carbonyl (C=O) groups excluding carboxylic acids is 1. The van der Waals surface area contributed by atoms with Crippen LogP contribution in [0.3, 0.4) is 0 Å². The zero-order valence-corrected chi connectivity index (χ0v) is 14.1. The molecular weight excluding hydrogens is 302 g/mol. The fraction of sp³-hybridized carbons (Fsp3) is 0.263. The molecule has 2 aromatic carbocycles. The van der Waals surface area contributed by atoms with Gasteiger partial charge in [0.1, 0.15) is 5.75 Å². The average molecular weight is 323 g/mol. The normalized spacial score (nSPS) is 12.1. The van der Waals surface area contributed by atoms with Gasteiger partial charge < -0.3 is 14.6 Å². The summed E-state index contributed by atoms with van der Waals surface area (Å²) in [5, 5.41) is 0. The highest BCUT2D eigenvalue weighted by molar-refractivity contribution is 5.97. The number of aromatic nitrogens is 2. The molecule has 124 valence electrons. The minimum atomic E-state index is 0.00696. The van der Waals surface area contributed by atoms with Gasteiger partial charge in [0.05, 0.1) is 24.5 Å². The quantitative estimate of drug-likeness (QED) is 0.784. The number of benzene rings is 2. The lowest BCUT2D eigenvalue weighted by Gasteiger charge is -2.25. The summed E-state index contributed by atoms with van der Waals surface area (Å²) in [7, 11) is 3.49. The second-order valence-corrected chi connectivity index (χ2v) is 5.95. The Kier molecular flexibility index (Phi) is 4.51. The lowest BCUT2D eigenvalue weighted by molar-refractivity contribution is 0.0743. The Labute approximate surface area is 141 Å². The number of nitrogens with one attached hydrogen (secondary N) is 1. The van der Waals surface area contributed by atoms with Gasteiger partial charge >= 0.3 is 0 Å². The molecule has 24 heavy (non-hydrogen) atoms. The average Bonchev–Trinajstić information content (AvgIpc) is 3.08. The van der Waals surface area contributed by atoms with Crippen LogP contribution in [0.2, 0.25) is 0 Å². The zero-order chi connectivity index (χ0) is 17.1. The Morgan fingerprint density at radius 3 is 2.71 bits per heavy atom. The number of likely N-dealkylation sites (N-methyl/N-ethyl adjacent to an activating group) is 1. The Morgan fingerprint density at radius 1 is 1.25 bits per heavy atom. The van der Waals surface area contributed by atoms with Crippen LogP contribution in [-0.2, 0) is 6.42 Å². The zero-order valence-electron chi connectivity index (χ0n) is 14.1. The molecule has 1 atom stereocenters. The van der Waals surface area contributed by atoms with Gasteiger partial charge in [0.15, 0.2) is 0 Å². The molecule has 1 aromatic heterocycles. The van der Waals surface area contributed by atoms with Crippen LogP contribution in [0.4, 0.5) is 0 Å². The Balaban J connectivity index is 1.71. The van der Waals surface area contributed by atoms with E-state index in [9.17, 15) is 4.79 Å². The number of hydrogen-bond donors (Lipinski definition) is 1. The first-order valence-corrected chi connectivity index (χ1v) is 7.91. The van der Waals surface area contributed by atoms with Gasteiger partial charge in [-0.3, -0.25) is 4.79 Å². The lowest BCUT2D eigenvalue weighted by atomic mass is 10.0. The van der Waals surface area contributed by atoms with Crippen molar-refractivity contribution in [3.05, 3.63) is 59.9 Å². The maximum absolute atomic E-state index is 12.7. The summed E-state index contributed by atoms with van der Waals surface area (Å²) in [6.07, 6.45) is 2.42. The number of fused-ring (bicyclic) bond motifs is 1. The Hall–Kier alpha value is -2.82. The number of nitrogens with zero attached hydrogens (tertiary/aromatic N) is 2. The molecular formula is C19H21N3O2. The smallest absolute Gasteiger partial charge is 0.253 e. The third kappa shape index (κ3) is 3.25. The van der Waals surface area contributed by atoms with Crippen molar-refractivity contribution in [1.29, 1.82) is 0 Å². The van der Waals surface area contributed by atoms with E-state index >= 15 is 0 Å². The van der Waals surface area contributed by atoms with Gasteiger partial charge in [-0.25, -0.2) is 4.98 Å². The molecule has 0 unspecified atom stereocenters. The summed E-state index contributed by atoms with van der Waals surface area (Å²) in [5.41, 5.74) is 3.57. The van der Waals surface area contributed by atoms with E-state index < -0.39 is 0 Å². The number of aromatic amines is 1. The van der Waals surface area contributed by atoms with Gasteiger partial charge in [-0.2, -0.15) is 0 Å². The van der Waals surface area contributed by atoms with Crippen molar-refractivity contribution < 1.29 is 9.53 Å². The van der Waals surface area contributed by atoms with Crippen molar-refractivity contribution in [1.82, 2.24) is 14.9 Å². The fourth-order valence-corrected chi connectivity index (χ4v) is 2.71. The van der Waals surface area contributed by atoms with Crippen molar-refractivity contribution in [3.63, 3.8) is 0 Å². The first-order valence-electron chi connectivity index (χ1n) is 7.91. The summed E-state index contributed by atoms with van der Waals surface area (Å²) in [5.74, 6) is 0.844. The molecule has 0 spiro atoms. The Morgan fingerprint density at radius 2 is 2.00 bits per heavy atom. The molecule has 1 heterocycles. The largest absolute Gasteiger partial charge is 0.497 e. The third-order valence-electron chi connectivity index (χ3n) is 4.34. The van der Waals surface area contributed by atoms with Crippen LogP contribution < -0.4 is 4.74 Å². The molecule has 0 saturated carbocycles.